The fraction of sp³-hybridized carbons (Fsp3) is 0.750. The summed E-state index contributed by atoms with van der Waals surface area (Å²) < 4.78 is 5.30. The molecule has 2 rings (SSSR count). The third-order valence-electron chi connectivity index (χ3n) is 2.78. The number of ether oxygens (including phenoxy) is 1. The van der Waals surface area contributed by atoms with E-state index in [1.807, 2.05) is 0 Å². The number of hydrogen-bond acceptors (Lipinski definition) is 1. The number of hydrogen-bond donors (Lipinski definition) is 0. The summed E-state index contributed by atoms with van der Waals surface area (Å²) >= 11 is 0. The van der Waals surface area contributed by atoms with Gasteiger partial charge in [0.05, 0.1) is 13.2 Å². The third kappa shape index (κ3) is 0.531. The van der Waals surface area contributed by atoms with Crippen LogP contribution in [0.2, 0.25) is 0 Å². The van der Waals surface area contributed by atoms with Gasteiger partial charge < -0.3 is 4.74 Å². The first-order chi connectivity index (χ1) is 4.30. The average molecular weight is 124 g/mol. The molecule has 0 spiro atoms. The monoisotopic (exact) mass is 124 g/mol. The van der Waals surface area contributed by atoms with E-state index in [2.05, 4.69) is 13.8 Å². The standard InChI is InChI=1S/C8H12O/c1-5-6(2)8-4-9-3-7(5)8/h5-6H,3-4H2,1-2H3. The van der Waals surface area contributed by atoms with Gasteiger partial charge in [0.2, 0.25) is 0 Å². The molecule has 0 amide bonds. The van der Waals surface area contributed by atoms with Crippen molar-refractivity contribution in [2.45, 2.75) is 13.8 Å². The van der Waals surface area contributed by atoms with Crippen molar-refractivity contribution in [3.8, 4) is 0 Å². The van der Waals surface area contributed by atoms with E-state index < -0.39 is 0 Å². The molecule has 2 aliphatic rings. The highest BCUT2D eigenvalue weighted by Crippen LogP contribution is 2.43. The lowest BCUT2D eigenvalue weighted by Gasteiger charge is -2.32. The van der Waals surface area contributed by atoms with Crippen LogP contribution in [0.1, 0.15) is 13.8 Å². The second kappa shape index (κ2) is 1.60. The van der Waals surface area contributed by atoms with Crippen molar-refractivity contribution in [3.63, 3.8) is 0 Å². The fourth-order valence-electron chi connectivity index (χ4n) is 1.81. The molecule has 0 fully saturated rings. The zero-order valence-corrected chi connectivity index (χ0v) is 5.98. The van der Waals surface area contributed by atoms with E-state index in [0.29, 0.717) is 0 Å². The second-order valence-corrected chi connectivity index (χ2v) is 3.12. The van der Waals surface area contributed by atoms with Gasteiger partial charge in [-0.05, 0) is 23.0 Å². The topological polar surface area (TPSA) is 9.23 Å². The van der Waals surface area contributed by atoms with Crippen LogP contribution in [0.4, 0.5) is 0 Å². The normalized spacial score (nSPS) is 40.7. The zero-order valence-electron chi connectivity index (χ0n) is 5.98. The van der Waals surface area contributed by atoms with Crippen LogP contribution in [-0.4, -0.2) is 13.2 Å². The van der Waals surface area contributed by atoms with Crippen LogP contribution in [0.3, 0.4) is 0 Å². The first-order valence-electron chi connectivity index (χ1n) is 3.60. The molecule has 9 heavy (non-hydrogen) atoms. The average Bonchev–Trinajstić information content (AvgIpc) is 2.30. The van der Waals surface area contributed by atoms with Crippen molar-refractivity contribution in [3.05, 3.63) is 11.1 Å². The Morgan fingerprint density at radius 3 is 2.00 bits per heavy atom. The molecule has 0 N–H and O–H groups in total. The summed E-state index contributed by atoms with van der Waals surface area (Å²) in [6.07, 6.45) is 0. The Morgan fingerprint density at radius 2 is 1.56 bits per heavy atom. The summed E-state index contributed by atoms with van der Waals surface area (Å²) in [5.41, 5.74) is 3.17. The molecular weight excluding hydrogens is 112 g/mol. The fourth-order valence-corrected chi connectivity index (χ4v) is 1.81. The molecule has 0 aromatic rings. The largest absolute Gasteiger partial charge is 0.373 e. The Labute approximate surface area is 55.7 Å². The highest BCUT2D eigenvalue weighted by atomic mass is 16.5. The van der Waals surface area contributed by atoms with Crippen molar-refractivity contribution in [1.82, 2.24) is 0 Å². The Kier molecular flexibility index (Phi) is 0.974. The molecule has 2 unspecified atom stereocenters. The minimum atomic E-state index is 0.808. The van der Waals surface area contributed by atoms with E-state index in [1.165, 1.54) is 0 Å². The number of rotatable bonds is 0. The SMILES string of the molecule is CC1C2=C(COC2)C1C. The zero-order chi connectivity index (χ0) is 6.43. The van der Waals surface area contributed by atoms with E-state index in [9.17, 15) is 0 Å². The second-order valence-electron chi connectivity index (χ2n) is 3.12. The Bertz CT molecular complexity index is 151. The van der Waals surface area contributed by atoms with Gasteiger partial charge in [0.25, 0.3) is 0 Å². The van der Waals surface area contributed by atoms with Crippen LogP contribution >= 0.6 is 0 Å². The molecular formula is C8H12O. The van der Waals surface area contributed by atoms with E-state index in [0.717, 1.165) is 25.0 Å². The quantitative estimate of drug-likeness (QED) is 0.446. The molecule has 1 nitrogen and oxygen atoms in total. The van der Waals surface area contributed by atoms with Crippen molar-refractivity contribution < 1.29 is 4.74 Å². The van der Waals surface area contributed by atoms with Gasteiger partial charge in [-0.3, -0.25) is 0 Å². The lowest BCUT2D eigenvalue weighted by molar-refractivity contribution is 0.206. The maximum atomic E-state index is 5.30. The summed E-state index contributed by atoms with van der Waals surface area (Å²) in [5, 5.41) is 0. The summed E-state index contributed by atoms with van der Waals surface area (Å²) in [5.74, 6) is 1.62. The lowest BCUT2D eigenvalue weighted by atomic mass is 9.71. The maximum Gasteiger partial charge on any atom is 0.0687 e. The summed E-state index contributed by atoms with van der Waals surface area (Å²) in [6, 6.07) is 0. The first-order valence-corrected chi connectivity index (χ1v) is 3.60. The van der Waals surface area contributed by atoms with Crippen LogP contribution in [0, 0.1) is 11.8 Å². The molecule has 1 aliphatic carbocycles. The Morgan fingerprint density at radius 1 is 1.11 bits per heavy atom. The molecule has 0 aromatic carbocycles. The van der Waals surface area contributed by atoms with Gasteiger partial charge in [0.1, 0.15) is 0 Å². The molecule has 1 heterocycles. The van der Waals surface area contributed by atoms with Gasteiger partial charge in [-0.25, -0.2) is 0 Å². The van der Waals surface area contributed by atoms with E-state index in [1.54, 1.807) is 11.1 Å². The molecule has 0 saturated carbocycles. The Balaban J connectivity index is 2.26. The van der Waals surface area contributed by atoms with Crippen LogP contribution in [0.25, 0.3) is 0 Å². The minimum absolute atomic E-state index is 0.808. The third-order valence-corrected chi connectivity index (χ3v) is 2.78. The highest BCUT2D eigenvalue weighted by molar-refractivity contribution is 5.34. The molecule has 50 valence electrons. The summed E-state index contributed by atoms with van der Waals surface area (Å²) in [4.78, 5) is 0. The predicted octanol–water partition coefficient (Wildman–Crippen LogP) is 1.60. The minimum Gasteiger partial charge on any atom is -0.373 e. The molecule has 0 saturated heterocycles. The van der Waals surface area contributed by atoms with Crippen LogP contribution < -0.4 is 0 Å². The lowest BCUT2D eigenvalue weighted by Crippen LogP contribution is -2.25. The van der Waals surface area contributed by atoms with Gasteiger partial charge in [-0.15, -0.1) is 0 Å². The highest BCUT2D eigenvalue weighted by Gasteiger charge is 2.36. The molecule has 0 radical (unpaired) electrons. The first kappa shape index (κ1) is 5.48. The van der Waals surface area contributed by atoms with Crippen molar-refractivity contribution in [2.24, 2.45) is 11.8 Å². The molecule has 2 atom stereocenters. The van der Waals surface area contributed by atoms with E-state index in [4.69, 9.17) is 4.74 Å². The van der Waals surface area contributed by atoms with Crippen molar-refractivity contribution in [2.75, 3.05) is 13.2 Å². The van der Waals surface area contributed by atoms with Crippen LogP contribution in [0.15, 0.2) is 11.1 Å². The van der Waals surface area contributed by atoms with Gasteiger partial charge in [-0.1, -0.05) is 13.8 Å². The summed E-state index contributed by atoms with van der Waals surface area (Å²) in [7, 11) is 0. The smallest absolute Gasteiger partial charge is 0.0687 e. The van der Waals surface area contributed by atoms with E-state index in [-0.39, 0.29) is 0 Å². The van der Waals surface area contributed by atoms with Gasteiger partial charge in [0.15, 0.2) is 0 Å². The maximum absolute atomic E-state index is 5.30. The Hall–Kier alpha value is -0.300. The van der Waals surface area contributed by atoms with Gasteiger partial charge in [0, 0.05) is 0 Å². The van der Waals surface area contributed by atoms with Crippen LogP contribution in [0.5, 0.6) is 0 Å². The molecule has 1 heteroatoms. The summed E-state index contributed by atoms with van der Waals surface area (Å²) in [6.45, 7) is 6.41. The molecule has 0 aromatic heterocycles. The predicted molar refractivity (Wildman–Crippen MR) is 36.2 cm³/mol. The molecule has 0 bridgehead atoms. The van der Waals surface area contributed by atoms with Gasteiger partial charge in [-0.2, -0.15) is 0 Å². The van der Waals surface area contributed by atoms with Gasteiger partial charge >= 0.3 is 0 Å². The molecule has 1 aliphatic heterocycles. The van der Waals surface area contributed by atoms with Crippen molar-refractivity contribution in [1.29, 1.82) is 0 Å². The van der Waals surface area contributed by atoms with Crippen LogP contribution in [-0.2, 0) is 4.74 Å². The van der Waals surface area contributed by atoms with E-state index >= 15 is 0 Å². The van der Waals surface area contributed by atoms with Crippen molar-refractivity contribution >= 4 is 0 Å².